The Hall–Kier alpha value is -3.34. The summed E-state index contributed by atoms with van der Waals surface area (Å²) >= 11 is 0. The molecule has 0 saturated heterocycles. The van der Waals surface area contributed by atoms with Gasteiger partial charge >= 0.3 is 5.97 Å². The number of rotatable bonds is 6. The number of ether oxygens (including phenoxy) is 1. The summed E-state index contributed by atoms with van der Waals surface area (Å²) in [6.07, 6.45) is 0.395. The zero-order valence-electron chi connectivity index (χ0n) is 16.4. The van der Waals surface area contributed by atoms with Crippen LogP contribution in [0.15, 0.2) is 59.8 Å². The molecule has 5 nitrogen and oxygen atoms in total. The van der Waals surface area contributed by atoms with Gasteiger partial charge in [0.2, 0.25) is 0 Å². The normalized spacial score (nSPS) is 11.5. The van der Waals surface area contributed by atoms with Crippen molar-refractivity contribution in [3.63, 3.8) is 0 Å². The Morgan fingerprint density at radius 1 is 1.04 bits per heavy atom. The van der Waals surface area contributed by atoms with Crippen molar-refractivity contribution in [1.29, 1.82) is 0 Å². The number of fused-ring (bicyclic) bond motifs is 1. The van der Waals surface area contributed by atoms with Crippen molar-refractivity contribution in [3.05, 3.63) is 76.9 Å². The topological polar surface area (TPSA) is 73.9 Å². The zero-order chi connectivity index (χ0) is 20.1. The van der Waals surface area contributed by atoms with Crippen LogP contribution in [0, 0.1) is 20.8 Å². The maximum absolute atomic E-state index is 12.0. The van der Waals surface area contributed by atoms with E-state index in [1.165, 1.54) is 0 Å². The summed E-state index contributed by atoms with van der Waals surface area (Å²) in [5.74, 6) is 0.300. The molecular weight excluding hydrogens is 352 g/mol. The Morgan fingerprint density at radius 2 is 1.79 bits per heavy atom. The molecule has 0 saturated carbocycles. The molecule has 0 atom stereocenters. The lowest BCUT2D eigenvalue weighted by atomic mass is 10.0. The Kier molecular flexibility index (Phi) is 5.94. The van der Waals surface area contributed by atoms with Crippen molar-refractivity contribution in [3.8, 4) is 5.75 Å². The highest BCUT2D eigenvalue weighted by Gasteiger charge is 2.09. The lowest BCUT2D eigenvalue weighted by Gasteiger charge is -2.11. The van der Waals surface area contributed by atoms with Crippen molar-refractivity contribution in [2.45, 2.75) is 27.2 Å². The molecule has 0 spiro atoms. The molecule has 0 aliphatic carbocycles. The van der Waals surface area contributed by atoms with Crippen LogP contribution >= 0.6 is 0 Å². The Labute approximate surface area is 164 Å². The number of hydrogen-bond donors (Lipinski definition) is 1. The minimum Gasteiger partial charge on any atom is -0.482 e. The monoisotopic (exact) mass is 376 g/mol. The van der Waals surface area contributed by atoms with Gasteiger partial charge < -0.3 is 15.3 Å². The predicted octanol–water partition coefficient (Wildman–Crippen LogP) is 4.20. The molecule has 0 radical (unpaired) electrons. The SMILES string of the molecule is Cc1cc(C)c(C)c(OCC(=O)ON=C(N)Cc2cccc3ccccc23)c1. The van der Waals surface area contributed by atoms with E-state index in [1.807, 2.05) is 69.3 Å². The Bertz CT molecular complexity index is 1040. The van der Waals surface area contributed by atoms with E-state index in [-0.39, 0.29) is 12.4 Å². The average Bonchev–Trinajstić information content (AvgIpc) is 2.68. The number of aryl methyl sites for hydroxylation is 2. The fourth-order valence-corrected chi connectivity index (χ4v) is 3.10. The van der Waals surface area contributed by atoms with Gasteiger partial charge in [-0.2, -0.15) is 0 Å². The van der Waals surface area contributed by atoms with Crippen molar-refractivity contribution >= 4 is 22.6 Å². The van der Waals surface area contributed by atoms with Crippen LogP contribution in [0.1, 0.15) is 22.3 Å². The lowest BCUT2D eigenvalue weighted by molar-refractivity contribution is -0.146. The van der Waals surface area contributed by atoms with Crippen LogP contribution < -0.4 is 10.5 Å². The fraction of sp³-hybridized carbons (Fsp3) is 0.217. The molecule has 144 valence electrons. The van der Waals surface area contributed by atoms with Gasteiger partial charge in [0.1, 0.15) is 11.6 Å². The third-order valence-electron chi connectivity index (χ3n) is 4.63. The minimum absolute atomic E-state index is 0.227. The van der Waals surface area contributed by atoms with E-state index in [2.05, 4.69) is 11.2 Å². The molecule has 3 rings (SSSR count). The maximum Gasteiger partial charge on any atom is 0.372 e. The summed E-state index contributed by atoms with van der Waals surface area (Å²) in [5, 5.41) is 5.99. The van der Waals surface area contributed by atoms with Gasteiger partial charge in [-0.05, 0) is 59.9 Å². The predicted molar refractivity (Wildman–Crippen MR) is 112 cm³/mol. The largest absolute Gasteiger partial charge is 0.482 e. The number of amidine groups is 1. The molecule has 5 heteroatoms. The summed E-state index contributed by atoms with van der Waals surface area (Å²) < 4.78 is 5.58. The van der Waals surface area contributed by atoms with E-state index in [0.717, 1.165) is 33.0 Å². The number of carbonyl (C=O) groups is 1. The van der Waals surface area contributed by atoms with Crippen LogP contribution in [0.2, 0.25) is 0 Å². The van der Waals surface area contributed by atoms with Crippen molar-refractivity contribution in [2.75, 3.05) is 6.61 Å². The minimum atomic E-state index is -0.598. The van der Waals surface area contributed by atoms with E-state index in [1.54, 1.807) is 0 Å². The molecule has 2 N–H and O–H groups in total. The quantitative estimate of drug-likeness (QED) is 0.303. The third kappa shape index (κ3) is 4.68. The van der Waals surface area contributed by atoms with Crippen molar-refractivity contribution < 1.29 is 14.4 Å². The van der Waals surface area contributed by atoms with E-state index >= 15 is 0 Å². The highest BCUT2D eigenvalue weighted by Crippen LogP contribution is 2.23. The van der Waals surface area contributed by atoms with Crippen molar-refractivity contribution in [1.82, 2.24) is 0 Å². The molecule has 0 aromatic heterocycles. The Balaban J connectivity index is 1.59. The van der Waals surface area contributed by atoms with Gasteiger partial charge in [-0.25, -0.2) is 4.79 Å². The number of hydrogen-bond acceptors (Lipinski definition) is 4. The van der Waals surface area contributed by atoms with Gasteiger partial charge in [0.25, 0.3) is 0 Å². The summed E-state index contributed by atoms with van der Waals surface area (Å²) in [6.45, 7) is 5.71. The molecule has 0 aliphatic heterocycles. The summed E-state index contributed by atoms with van der Waals surface area (Å²) in [5.41, 5.74) is 10.2. The van der Waals surface area contributed by atoms with Crippen LogP contribution in [0.3, 0.4) is 0 Å². The van der Waals surface area contributed by atoms with Crippen LogP contribution in [0.5, 0.6) is 5.75 Å². The van der Waals surface area contributed by atoms with Crippen LogP contribution in [0.25, 0.3) is 10.8 Å². The summed E-state index contributed by atoms with van der Waals surface area (Å²) in [7, 11) is 0. The Morgan fingerprint density at radius 3 is 2.61 bits per heavy atom. The highest BCUT2D eigenvalue weighted by molar-refractivity contribution is 5.91. The van der Waals surface area contributed by atoms with E-state index in [4.69, 9.17) is 15.3 Å². The first-order valence-electron chi connectivity index (χ1n) is 9.13. The number of nitrogens with two attached hydrogens (primary N) is 1. The number of nitrogens with zero attached hydrogens (tertiary/aromatic N) is 1. The number of benzene rings is 3. The molecule has 0 fully saturated rings. The van der Waals surface area contributed by atoms with E-state index in [9.17, 15) is 4.79 Å². The second-order valence-corrected chi connectivity index (χ2v) is 6.85. The molecule has 3 aromatic carbocycles. The van der Waals surface area contributed by atoms with E-state index in [0.29, 0.717) is 12.2 Å². The molecule has 0 aliphatic rings. The van der Waals surface area contributed by atoms with Gasteiger partial charge in [0.15, 0.2) is 6.61 Å². The lowest BCUT2D eigenvalue weighted by Crippen LogP contribution is -2.19. The first kappa shape index (κ1) is 19.4. The second kappa shape index (κ2) is 8.57. The molecule has 0 bridgehead atoms. The fourth-order valence-electron chi connectivity index (χ4n) is 3.10. The first-order chi connectivity index (χ1) is 13.4. The van der Waals surface area contributed by atoms with Crippen molar-refractivity contribution in [2.24, 2.45) is 10.9 Å². The van der Waals surface area contributed by atoms with Crippen LogP contribution in [-0.4, -0.2) is 18.4 Å². The van der Waals surface area contributed by atoms with E-state index < -0.39 is 5.97 Å². The smallest absolute Gasteiger partial charge is 0.372 e. The van der Waals surface area contributed by atoms with Gasteiger partial charge in [-0.15, -0.1) is 0 Å². The highest BCUT2D eigenvalue weighted by atomic mass is 16.7. The van der Waals surface area contributed by atoms with Gasteiger partial charge in [-0.3, -0.25) is 0 Å². The number of carbonyl (C=O) groups excluding carboxylic acids is 1. The molecule has 0 heterocycles. The summed E-state index contributed by atoms with van der Waals surface area (Å²) in [6, 6.07) is 18.0. The van der Waals surface area contributed by atoms with Crippen LogP contribution in [-0.2, 0) is 16.1 Å². The van der Waals surface area contributed by atoms with Gasteiger partial charge in [0, 0.05) is 6.42 Å². The average molecular weight is 376 g/mol. The van der Waals surface area contributed by atoms with Crippen LogP contribution in [0.4, 0.5) is 0 Å². The molecule has 0 amide bonds. The number of oxime groups is 1. The summed E-state index contributed by atoms with van der Waals surface area (Å²) in [4.78, 5) is 16.9. The van der Waals surface area contributed by atoms with Gasteiger partial charge in [-0.1, -0.05) is 53.7 Å². The maximum atomic E-state index is 12.0. The molecule has 0 unspecified atom stereocenters. The molecular formula is C23H24N2O3. The standard InChI is InChI=1S/C23H24N2O3/c1-15-11-16(2)17(3)21(12-15)27-14-23(26)28-25-22(24)13-19-9-6-8-18-7-4-5-10-20(18)19/h4-12H,13-14H2,1-3H3,(H2,24,25). The zero-order valence-corrected chi connectivity index (χ0v) is 16.4. The molecule has 28 heavy (non-hydrogen) atoms. The van der Waals surface area contributed by atoms with Gasteiger partial charge in [0.05, 0.1) is 0 Å². The third-order valence-corrected chi connectivity index (χ3v) is 4.63. The second-order valence-electron chi connectivity index (χ2n) is 6.85. The molecule has 3 aromatic rings. The first-order valence-corrected chi connectivity index (χ1v) is 9.13.